The van der Waals surface area contributed by atoms with E-state index >= 15 is 0 Å². The minimum Gasteiger partial charge on any atom is -0.494 e. The van der Waals surface area contributed by atoms with E-state index in [0.717, 1.165) is 11.4 Å². The van der Waals surface area contributed by atoms with Gasteiger partial charge in [0.05, 0.1) is 18.7 Å². The summed E-state index contributed by atoms with van der Waals surface area (Å²) in [6.45, 7) is 3.46. The van der Waals surface area contributed by atoms with Gasteiger partial charge in [-0.2, -0.15) is 0 Å². The minimum atomic E-state index is -0.144. The van der Waals surface area contributed by atoms with Crippen molar-refractivity contribution < 1.29 is 9.53 Å². The van der Waals surface area contributed by atoms with Crippen LogP contribution in [0.3, 0.4) is 0 Å². The molecule has 0 saturated carbocycles. The van der Waals surface area contributed by atoms with Crippen molar-refractivity contribution in [3.63, 3.8) is 0 Å². The van der Waals surface area contributed by atoms with Crippen molar-refractivity contribution in [3.8, 4) is 5.75 Å². The molecule has 0 saturated heterocycles. The van der Waals surface area contributed by atoms with Crippen LogP contribution in [0.1, 0.15) is 28.5 Å². The molecule has 21 heavy (non-hydrogen) atoms. The van der Waals surface area contributed by atoms with Crippen LogP contribution in [0.2, 0.25) is 0 Å². The van der Waals surface area contributed by atoms with Gasteiger partial charge in [-0.1, -0.05) is 0 Å². The molecule has 3 rings (SSSR count). The molecule has 1 aromatic heterocycles. The topological polar surface area (TPSA) is 78.2 Å². The predicted octanol–water partition coefficient (Wildman–Crippen LogP) is 1.30. The Kier molecular flexibility index (Phi) is 3.51. The van der Waals surface area contributed by atoms with Crippen LogP contribution in [0.15, 0.2) is 29.1 Å². The van der Waals surface area contributed by atoms with Crippen LogP contribution in [0.4, 0.5) is 0 Å². The van der Waals surface area contributed by atoms with Crippen LogP contribution in [-0.2, 0) is 13.0 Å². The zero-order valence-electron chi connectivity index (χ0n) is 11.8. The maximum Gasteiger partial charge on any atom is 0.269 e. The number of ether oxygens (including phenoxy) is 1. The molecular formula is C15H17N3O3. The first kappa shape index (κ1) is 13.5. The molecule has 0 spiro atoms. The summed E-state index contributed by atoms with van der Waals surface area (Å²) in [7, 11) is 0. The normalized spacial score (nSPS) is 13.9. The van der Waals surface area contributed by atoms with Crippen LogP contribution in [0, 0.1) is 0 Å². The van der Waals surface area contributed by atoms with Gasteiger partial charge in [-0.15, -0.1) is 0 Å². The van der Waals surface area contributed by atoms with Crippen LogP contribution >= 0.6 is 0 Å². The second kappa shape index (κ2) is 5.47. The number of aromatic nitrogens is 2. The van der Waals surface area contributed by atoms with E-state index in [4.69, 9.17) is 4.74 Å². The Labute approximate surface area is 121 Å². The van der Waals surface area contributed by atoms with Crippen LogP contribution < -0.4 is 10.3 Å². The monoisotopic (exact) mass is 287 g/mol. The molecule has 0 aliphatic carbocycles. The molecule has 1 amide bonds. The van der Waals surface area contributed by atoms with E-state index in [-0.39, 0.29) is 11.5 Å². The van der Waals surface area contributed by atoms with Gasteiger partial charge in [0.2, 0.25) is 0 Å². The fourth-order valence-electron chi connectivity index (χ4n) is 2.53. The molecule has 0 radical (unpaired) electrons. The average molecular weight is 287 g/mol. The number of carbonyl (C=O) groups excluding carboxylic acids is 1. The molecular weight excluding hydrogens is 270 g/mol. The highest BCUT2D eigenvalue weighted by atomic mass is 16.5. The minimum absolute atomic E-state index is 0.0655. The molecule has 0 unspecified atom stereocenters. The number of carbonyl (C=O) groups is 1. The number of nitrogens with zero attached hydrogens (tertiary/aromatic N) is 1. The fourth-order valence-corrected chi connectivity index (χ4v) is 2.53. The smallest absolute Gasteiger partial charge is 0.269 e. The third-order valence-corrected chi connectivity index (χ3v) is 3.65. The molecule has 2 heterocycles. The quantitative estimate of drug-likeness (QED) is 0.893. The standard InChI is InChI=1S/C15H17N3O3/c1-2-21-11-5-3-10(4-6-11)15(20)18-8-7-13-12(9-18)14(19)17-16-13/h3-6H,2,7-9H2,1H3,(H2,16,17,19). The van der Waals surface area contributed by atoms with E-state index in [1.165, 1.54) is 0 Å². The number of hydrogen-bond acceptors (Lipinski definition) is 3. The molecule has 0 bridgehead atoms. The van der Waals surface area contributed by atoms with E-state index in [9.17, 15) is 9.59 Å². The third kappa shape index (κ3) is 2.56. The highest BCUT2D eigenvalue weighted by Crippen LogP contribution is 2.18. The number of benzene rings is 1. The summed E-state index contributed by atoms with van der Waals surface area (Å²) in [4.78, 5) is 25.8. The Balaban J connectivity index is 1.77. The summed E-state index contributed by atoms with van der Waals surface area (Å²) in [6, 6.07) is 7.08. The molecule has 1 aromatic carbocycles. The SMILES string of the molecule is CCOc1ccc(C(=O)N2CCc3[nH][nH]c(=O)c3C2)cc1. The Morgan fingerprint density at radius 1 is 1.29 bits per heavy atom. The lowest BCUT2D eigenvalue weighted by Gasteiger charge is -2.26. The Morgan fingerprint density at radius 2 is 2.05 bits per heavy atom. The summed E-state index contributed by atoms with van der Waals surface area (Å²) in [6.07, 6.45) is 0.664. The van der Waals surface area contributed by atoms with Gasteiger partial charge in [0, 0.05) is 24.2 Å². The van der Waals surface area contributed by atoms with E-state index < -0.39 is 0 Å². The van der Waals surface area contributed by atoms with Gasteiger partial charge in [0.25, 0.3) is 11.5 Å². The number of H-pyrrole nitrogens is 2. The van der Waals surface area contributed by atoms with Crippen molar-refractivity contribution in [2.24, 2.45) is 0 Å². The summed E-state index contributed by atoms with van der Waals surface area (Å²) in [5, 5.41) is 5.42. The second-order valence-corrected chi connectivity index (χ2v) is 4.97. The van der Waals surface area contributed by atoms with Crippen LogP contribution in [-0.4, -0.2) is 34.2 Å². The Morgan fingerprint density at radius 3 is 2.76 bits per heavy atom. The van der Waals surface area contributed by atoms with Crippen molar-refractivity contribution in [1.82, 2.24) is 15.1 Å². The van der Waals surface area contributed by atoms with E-state index in [1.807, 2.05) is 6.92 Å². The van der Waals surface area contributed by atoms with Crippen LogP contribution in [0.25, 0.3) is 0 Å². The van der Waals surface area contributed by atoms with E-state index in [0.29, 0.717) is 37.2 Å². The van der Waals surface area contributed by atoms with Gasteiger partial charge < -0.3 is 14.7 Å². The summed E-state index contributed by atoms with van der Waals surface area (Å²) >= 11 is 0. The largest absolute Gasteiger partial charge is 0.494 e. The number of fused-ring (bicyclic) bond motifs is 1. The Bertz CT molecular complexity index is 700. The van der Waals surface area contributed by atoms with Gasteiger partial charge in [-0.25, -0.2) is 0 Å². The number of nitrogens with one attached hydrogen (secondary N) is 2. The van der Waals surface area contributed by atoms with Crippen molar-refractivity contribution >= 4 is 5.91 Å². The third-order valence-electron chi connectivity index (χ3n) is 3.65. The molecule has 0 atom stereocenters. The molecule has 6 heteroatoms. The van der Waals surface area contributed by atoms with Crippen molar-refractivity contribution in [3.05, 3.63) is 51.4 Å². The molecule has 2 N–H and O–H groups in total. The number of aromatic amines is 2. The summed E-state index contributed by atoms with van der Waals surface area (Å²) in [5.41, 5.74) is 2.01. The van der Waals surface area contributed by atoms with Crippen molar-refractivity contribution in [1.29, 1.82) is 0 Å². The van der Waals surface area contributed by atoms with Gasteiger partial charge in [0.1, 0.15) is 5.75 Å². The number of rotatable bonds is 3. The first-order chi connectivity index (χ1) is 10.2. The van der Waals surface area contributed by atoms with Gasteiger partial charge in [-0.05, 0) is 31.2 Å². The highest BCUT2D eigenvalue weighted by molar-refractivity contribution is 5.94. The number of hydrogen-bond donors (Lipinski definition) is 2. The lowest BCUT2D eigenvalue weighted by Crippen LogP contribution is -2.37. The first-order valence-corrected chi connectivity index (χ1v) is 6.99. The predicted molar refractivity (Wildman–Crippen MR) is 77.5 cm³/mol. The lowest BCUT2D eigenvalue weighted by molar-refractivity contribution is 0.0734. The van der Waals surface area contributed by atoms with Crippen molar-refractivity contribution in [2.45, 2.75) is 19.9 Å². The molecule has 110 valence electrons. The zero-order valence-corrected chi connectivity index (χ0v) is 11.8. The van der Waals surface area contributed by atoms with Crippen molar-refractivity contribution in [2.75, 3.05) is 13.2 Å². The zero-order chi connectivity index (χ0) is 14.8. The molecule has 2 aromatic rings. The maximum absolute atomic E-state index is 12.5. The van der Waals surface area contributed by atoms with E-state index in [1.54, 1.807) is 29.2 Å². The van der Waals surface area contributed by atoms with Gasteiger partial charge >= 0.3 is 0 Å². The molecule has 1 aliphatic rings. The molecule has 6 nitrogen and oxygen atoms in total. The number of amides is 1. The lowest BCUT2D eigenvalue weighted by atomic mass is 10.1. The maximum atomic E-state index is 12.5. The summed E-state index contributed by atoms with van der Waals surface area (Å²) < 4.78 is 5.36. The van der Waals surface area contributed by atoms with Gasteiger partial charge in [0.15, 0.2) is 0 Å². The second-order valence-electron chi connectivity index (χ2n) is 4.97. The fraction of sp³-hybridized carbons (Fsp3) is 0.333. The molecule has 0 fully saturated rings. The Hall–Kier alpha value is -2.50. The highest BCUT2D eigenvalue weighted by Gasteiger charge is 2.24. The average Bonchev–Trinajstić information content (AvgIpc) is 2.89. The first-order valence-electron chi connectivity index (χ1n) is 6.99. The summed E-state index contributed by atoms with van der Waals surface area (Å²) in [5.74, 6) is 0.682. The molecule has 1 aliphatic heterocycles. The van der Waals surface area contributed by atoms with Gasteiger partial charge in [-0.3, -0.25) is 14.7 Å². The van der Waals surface area contributed by atoms with E-state index in [2.05, 4.69) is 10.2 Å². The van der Waals surface area contributed by atoms with Crippen LogP contribution in [0.5, 0.6) is 5.75 Å².